The van der Waals surface area contributed by atoms with Gasteiger partial charge in [0.2, 0.25) is 0 Å². The molecule has 0 rings (SSSR count). The van der Waals surface area contributed by atoms with Crippen molar-refractivity contribution in [2.24, 2.45) is 11.5 Å². The zero-order chi connectivity index (χ0) is 13.7. The molecule has 16 heavy (non-hydrogen) atoms. The molecule has 0 aliphatic heterocycles. The van der Waals surface area contributed by atoms with Crippen molar-refractivity contribution in [3.8, 4) is 0 Å². The molecule has 0 saturated carbocycles. The van der Waals surface area contributed by atoms with Crippen LogP contribution >= 0.6 is 8.25 Å². The van der Waals surface area contributed by atoms with E-state index < -0.39 is 14.5 Å². The van der Waals surface area contributed by atoms with Gasteiger partial charge in [0.25, 0.3) is 0 Å². The Labute approximate surface area is 97.0 Å². The van der Waals surface area contributed by atoms with Gasteiger partial charge >= 0.3 is 8.25 Å². The summed E-state index contributed by atoms with van der Waals surface area (Å²) in [7, 11) is -3.13. The monoisotopic (exact) mass is 260 g/mol. The summed E-state index contributed by atoms with van der Waals surface area (Å²) in [5.74, 6) is 0. The van der Waals surface area contributed by atoms with Gasteiger partial charge in [-0.2, -0.15) is 0 Å². The molecule has 0 aliphatic rings. The lowest BCUT2D eigenvalue weighted by molar-refractivity contribution is 0.170. The number of aliphatic hydroxyl groups excluding tert-OH is 2. The molecule has 8 heteroatoms. The summed E-state index contributed by atoms with van der Waals surface area (Å²) in [5.41, 5.74) is 10.1. The molecule has 0 spiro atoms. The molecule has 0 fully saturated rings. The first-order valence-corrected chi connectivity index (χ1v) is 6.24. The predicted molar refractivity (Wildman–Crippen MR) is 63.9 cm³/mol. The highest BCUT2D eigenvalue weighted by Crippen LogP contribution is 1.98. The molecule has 8 N–H and O–H groups in total. The Morgan fingerprint density at radius 2 is 1.44 bits per heavy atom. The first-order chi connectivity index (χ1) is 7.14. The van der Waals surface area contributed by atoms with Crippen LogP contribution in [0.1, 0.15) is 33.6 Å². The third-order valence-corrected chi connectivity index (χ3v) is 1.35. The van der Waals surface area contributed by atoms with Gasteiger partial charge in [-0.3, -0.25) is 4.57 Å². The second kappa shape index (κ2) is 15.0. The van der Waals surface area contributed by atoms with E-state index in [0.717, 1.165) is 6.42 Å². The minimum Gasteiger partial charge on any atom is -0.392 e. The summed E-state index contributed by atoms with van der Waals surface area (Å²) in [6, 6.07) is -0.0926. The Bertz CT molecular complexity index is 145. The molecule has 0 aliphatic carbocycles. The van der Waals surface area contributed by atoms with Crippen molar-refractivity contribution in [3.63, 3.8) is 0 Å². The molecule has 0 aromatic heterocycles. The summed E-state index contributed by atoms with van der Waals surface area (Å²) in [4.78, 5) is 14.3. The van der Waals surface area contributed by atoms with Crippen molar-refractivity contribution < 1.29 is 24.6 Å². The van der Waals surface area contributed by atoms with E-state index in [4.69, 9.17) is 36.0 Å². The Balaban J connectivity index is -0.000000162. The standard InChI is InChI=1S/2C4H11NO.H3O3P/c1-3(5)4(2)6;1-2-3-4(5)6;1-4(2)3/h3-4,6H,5H2,1-2H3;4,6H,2-3,5H2,1H3;4H,(H2,1,2,3). The highest BCUT2D eigenvalue weighted by molar-refractivity contribution is 7.30. The topological polar surface area (TPSA) is 150 Å². The van der Waals surface area contributed by atoms with Crippen molar-refractivity contribution in [2.75, 3.05) is 0 Å². The zero-order valence-electron chi connectivity index (χ0n) is 10.00. The molecule has 0 radical (unpaired) electrons. The van der Waals surface area contributed by atoms with Crippen molar-refractivity contribution in [1.29, 1.82) is 0 Å². The number of rotatable bonds is 3. The average Bonchev–Trinajstić information content (AvgIpc) is 2.03. The third-order valence-electron chi connectivity index (χ3n) is 1.35. The Hall–Kier alpha value is -0.0100. The van der Waals surface area contributed by atoms with Crippen LogP contribution in [0.4, 0.5) is 0 Å². The van der Waals surface area contributed by atoms with Crippen LogP contribution in [0, 0.1) is 0 Å². The maximum atomic E-state index is 8.74. The molecule has 0 amide bonds. The van der Waals surface area contributed by atoms with Crippen molar-refractivity contribution in [2.45, 2.75) is 52.0 Å². The molecule has 102 valence electrons. The van der Waals surface area contributed by atoms with Gasteiger partial charge in [-0.15, -0.1) is 0 Å². The van der Waals surface area contributed by atoms with Crippen molar-refractivity contribution in [1.82, 2.24) is 0 Å². The smallest absolute Gasteiger partial charge is 0.314 e. The SMILES string of the molecule is CC(N)C(C)O.CCCC(N)O.O=[PH](O)O. The predicted octanol–water partition coefficient (Wildman–Crippen LogP) is -0.861. The Morgan fingerprint density at radius 3 is 1.44 bits per heavy atom. The second-order valence-electron chi connectivity index (χ2n) is 3.24. The number of nitrogens with two attached hydrogens (primary N) is 2. The highest BCUT2D eigenvalue weighted by Gasteiger charge is 1.97. The lowest BCUT2D eigenvalue weighted by atomic mass is 10.2. The van der Waals surface area contributed by atoms with E-state index in [9.17, 15) is 0 Å². The minimum absolute atomic E-state index is 0.0926. The largest absolute Gasteiger partial charge is 0.392 e. The third kappa shape index (κ3) is 48.3. The van der Waals surface area contributed by atoms with Gasteiger partial charge in [-0.25, -0.2) is 0 Å². The fourth-order valence-electron chi connectivity index (χ4n) is 0.296. The van der Waals surface area contributed by atoms with E-state index >= 15 is 0 Å². The van der Waals surface area contributed by atoms with Gasteiger partial charge in [0.1, 0.15) is 6.23 Å². The van der Waals surface area contributed by atoms with E-state index in [2.05, 4.69) is 0 Å². The first-order valence-electron chi connectivity index (χ1n) is 4.94. The van der Waals surface area contributed by atoms with Gasteiger partial charge in [0.05, 0.1) is 6.10 Å². The molecule has 7 nitrogen and oxygen atoms in total. The quantitative estimate of drug-likeness (QED) is 0.285. The lowest BCUT2D eigenvalue weighted by Gasteiger charge is -2.04. The average molecular weight is 260 g/mol. The summed E-state index contributed by atoms with van der Waals surface area (Å²) in [6.07, 6.45) is 0.692. The van der Waals surface area contributed by atoms with Gasteiger partial charge in [-0.1, -0.05) is 13.3 Å². The summed E-state index contributed by atoms with van der Waals surface area (Å²) in [5, 5.41) is 16.8. The van der Waals surface area contributed by atoms with E-state index in [1.807, 2.05) is 6.92 Å². The molecule has 3 atom stereocenters. The molecule has 0 heterocycles. The summed E-state index contributed by atoms with van der Waals surface area (Å²) in [6.45, 7) is 5.42. The number of hydrogen-bond acceptors (Lipinski definition) is 5. The van der Waals surface area contributed by atoms with Crippen molar-refractivity contribution in [3.05, 3.63) is 0 Å². The van der Waals surface area contributed by atoms with Crippen LogP contribution in [-0.4, -0.2) is 38.4 Å². The van der Waals surface area contributed by atoms with Gasteiger partial charge < -0.3 is 31.5 Å². The van der Waals surface area contributed by atoms with Crippen LogP contribution in [0.2, 0.25) is 0 Å². The number of hydrogen-bond donors (Lipinski definition) is 6. The van der Waals surface area contributed by atoms with E-state index in [1.54, 1.807) is 13.8 Å². The highest BCUT2D eigenvalue weighted by atomic mass is 31.1. The molecule has 0 saturated heterocycles. The lowest BCUT2D eigenvalue weighted by Crippen LogP contribution is -2.28. The fraction of sp³-hybridized carbons (Fsp3) is 1.00. The molecule has 0 bridgehead atoms. The molecular formula is C8H25N2O5P. The van der Waals surface area contributed by atoms with Gasteiger partial charge in [0.15, 0.2) is 0 Å². The van der Waals surface area contributed by atoms with Crippen molar-refractivity contribution >= 4 is 8.25 Å². The summed E-state index contributed by atoms with van der Waals surface area (Å²) < 4.78 is 8.74. The minimum atomic E-state index is -3.13. The fourth-order valence-corrected chi connectivity index (χ4v) is 0.296. The first kappa shape index (κ1) is 21.3. The van der Waals surface area contributed by atoms with Crippen LogP contribution in [0.3, 0.4) is 0 Å². The maximum absolute atomic E-state index is 8.74. The Kier molecular flexibility index (Phi) is 19.9. The molecular weight excluding hydrogens is 235 g/mol. The van der Waals surface area contributed by atoms with Gasteiger partial charge in [-0.05, 0) is 20.3 Å². The van der Waals surface area contributed by atoms with Gasteiger partial charge in [0, 0.05) is 6.04 Å². The van der Waals surface area contributed by atoms with E-state index in [1.165, 1.54) is 0 Å². The van der Waals surface area contributed by atoms with Crippen LogP contribution in [0.15, 0.2) is 0 Å². The Morgan fingerprint density at radius 1 is 1.19 bits per heavy atom. The maximum Gasteiger partial charge on any atom is 0.314 e. The molecule has 3 unspecified atom stereocenters. The zero-order valence-corrected chi connectivity index (χ0v) is 11.0. The van der Waals surface area contributed by atoms with Crippen LogP contribution in [0.25, 0.3) is 0 Å². The van der Waals surface area contributed by atoms with Crippen LogP contribution in [-0.2, 0) is 4.57 Å². The van der Waals surface area contributed by atoms with E-state index in [-0.39, 0.29) is 12.1 Å². The second-order valence-corrected chi connectivity index (χ2v) is 3.80. The summed E-state index contributed by atoms with van der Waals surface area (Å²) >= 11 is 0. The number of aliphatic hydroxyl groups is 2. The van der Waals surface area contributed by atoms with Crippen LogP contribution in [0.5, 0.6) is 0 Å². The molecule has 0 aromatic carbocycles. The molecule has 0 aromatic rings. The van der Waals surface area contributed by atoms with Crippen LogP contribution < -0.4 is 11.5 Å². The normalized spacial score (nSPS) is 15.1. The van der Waals surface area contributed by atoms with E-state index in [0.29, 0.717) is 6.42 Å².